The van der Waals surface area contributed by atoms with E-state index in [4.69, 9.17) is 0 Å². The Balaban J connectivity index is 2.31. The van der Waals surface area contributed by atoms with Crippen molar-refractivity contribution < 1.29 is 5.11 Å². The van der Waals surface area contributed by atoms with Gasteiger partial charge in [-0.3, -0.25) is 5.10 Å². The fraction of sp³-hybridized carbons (Fsp3) is 0.444. The van der Waals surface area contributed by atoms with Gasteiger partial charge in [-0.2, -0.15) is 5.10 Å². The third-order valence-corrected chi connectivity index (χ3v) is 2.26. The molecule has 1 fully saturated rings. The molecule has 0 amide bonds. The summed E-state index contributed by atoms with van der Waals surface area (Å²) in [5, 5.41) is 16.1. The second-order valence-corrected chi connectivity index (χ2v) is 3.39. The van der Waals surface area contributed by atoms with Gasteiger partial charge in [0.05, 0.1) is 12.3 Å². The Morgan fingerprint density at radius 1 is 1.83 bits per heavy atom. The molecule has 0 aromatic carbocycles. The van der Waals surface area contributed by atoms with Crippen LogP contribution in [0.3, 0.4) is 0 Å². The van der Waals surface area contributed by atoms with E-state index in [1.807, 2.05) is 6.92 Å². The Morgan fingerprint density at radius 2 is 2.50 bits per heavy atom. The molecule has 3 heteroatoms. The molecule has 3 nitrogen and oxygen atoms in total. The molecule has 2 atom stereocenters. The highest BCUT2D eigenvalue weighted by molar-refractivity contribution is 5.63. The molecule has 2 N–H and O–H groups in total. The minimum Gasteiger partial charge on any atom is -0.392 e. The first-order valence-corrected chi connectivity index (χ1v) is 4.07. The second kappa shape index (κ2) is 2.45. The smallest absolute Gasteiger partial charge is 0.0632 e. The van der Waals surface area contributed by atoms with Crippen LogP contribution in [0.4, 0.5) is 0 Å². The van der Waals surface area contributed by atoms with Crippen LogP contribution in [-0.4, -0.2) is 21.4 Å². The predicted molar refractivity (Wildman–Crippen MR) is 46.7 cm³/mol. The van der Waals surface area contributed by atoms with Crippen molar-refractivity contribution in [1.82, 2.24) is 10.2 Å². The number of nitrogens with zero attached hydrogens (tertiary/aromatic N) is 1. The molecule has 0 spiro atoms. The lowest BCUT2D eigenvalue weighted by Crippen LogP contribution is -1.90. The van der Waals surface area contributed by atoms with Gasteiger partial charge in [0.15, 0.2) is 0 Å². The Kier molecular flexibility index (Phi) is 1.54. The van der Waals surface area contributed by atoms with Crippen LogP contribution in [0.15, 0.2) is 12.8 Å². The normalized spacial score (nSPS) is 27.2. The summed E-state index contributed by atoms with van der Waals surface area (Å²) in [6.45, 7) is 5.80. The van der Waals surface area contributed by atoms with Gasteiger partial charge in [-0.1, -0.05) is 6.58 Å². The first-order chi connectivity index (χ1) is 5.70. The van der Waals surface area contributed by atoms with Crippen LogP contribution < -0.4 is 0 Å². The van der Waals surface area contributed by atoms with Crippen LogP contribution in [0.5, 0.6) is 0 Å². The molecule has 12 heavy (non-hydrogen) atoms. The molecule has 2 unspecified atom stereocenters. The summed E-state index contributed by atoms with van der Waals surface area (Å²) in [6.07, 6.45) is 2.44. The van der Waals surface area contributed by atoms with Crippen LogP contribution in [0.1, 0.15) is 30.5 Å². The first-order valence-electron chi connectivity index (χ1n) is 4.07. The van der Waals surface area contributed by atoms with E-state index < -0.39 is 0 Å². The number of aromatic nitrogens is 2. The third-order valence-electron chi connectivity index (χ3n) is 2.26. The number of H-pyrrole nitrogens is 1. The summed E-state index contributed by atoms with van der Waals surface area (Å²) < 4.78 is 0. The summed E-state index contributed by atoms with van der Waals surface area (Å²) in [7, 11) is 0. The maximum absolute atomic E-state index is 9.23. The van der Waals surface area contributed by atoms with Gasteiger partial charge < -0.3 is 5.11 Å². The van der Waals surface area contributed by atoms with E-state index in [1.54, 1.807) is 6.20 Å². The molecule has 0 aliphatic heterocycles. The summed E-state index contributed by atoms with van der Waals surface area (Å²) in [6, 6.07) is 0. The van der Waals surface area contributed by atoms with Gasteiger partial charge in [-0.15, -0.1) is 0 Å². The lowest BCUT2D eigenvalue weighted by Gasteiger charge is -1.98. The molecule has 0 bridgehead atoms. The van der Waals surface area contributed by atoms with Gasteiger partial charge in [0.2, 0.25) is 0 Å². The van der Waals surface area contributed by atoms with Crippen molar-refractivity contribution in [3.05, 3.63) is 24.0 Å². The molecule has 0 saturated heterocycles. The van der Waals surface area contributed by atoms with Crippen molar-refractivity contribution in [3.8, 4) is 0 Å². The fourth-order valence-corrected chi connectivity index (χ4v) is 1.41. The molecule has 1 aliphatic carbocycles. The van der Waals surface area contributed by atoms with Crippen molar-refractivity contribution in [2.45, 2.75) is 25.4 Å². The topological polar surface area (TPSA) is 48.9 Å². The van der Waals surface area contributed by atoms with Gasteiger partial charge in [-0.25, -0.2) is 0 Å². The van der Waals surface area contributed by atoms with Crippen LogP contribution >= 0.6 is 0 Å². The number of aliphatic hydroxyl groups is 1. The van der Waals surface area contributed by atoms with E-state index in [0.29, 0.717) is 0 Å². The monoisotopic (exact) mass is 164 g/mol. The maximum Gasteiger partial charge on any atom is 0.0632 e. The van der Waals surface area contributed by atoms with Crippen LogP contribution in [0.2, 0.25) is 0 Å². The van der Waals surface area contributed by atoms with E-state index in [1.165, 1.54) is 0 Å². The molecule has 1 aromatic rings. The second-order valence-electron chi connectivity index (χ2n) is 3.39. The molecule has 2 rings (SSSR count). The molecule has 0 radical (unpaired) electrons. The third kappa shape index (κ3) is 1.06. The summed E-state index contributed by atoms with van der Waals surface area (Å²) in [5.74, 6) is 0.263. The zero-order valence-electron chi connectivity index (χ0n) is 7.04. The van der Waals surface area contributed by atoms with Gasteiger partial charge in [0.25, 0.3) is 0 Å². The average Bonchev–Trinajstić information content (AvgIpc) is 2.58. The Morgan fingerprint density at radius 3 is 3.00 bits per heavy atom. The van der Waals surface area contributed by atoms with E-state index in [0.717, 1.165) is 23.3 Å². The van der Waals surface area contributed by atoms with Crippen molar-refractivity contribution >= 4 is 5.57 Å². The Hall–Kier alpha value is -1.09. The van der Waals surface area contributed by atoms with Crippen LogP contribution in [0.25, 0.3) is 5.57 Å². The van der Waals surface area contributed by atoms with E-state index >= 15 is 0 Å². The van der Waals surface area contributed by atoms with Gasteiger partial charge in [0.1, 0.15) is 0 Å². The van der Waals surface area contributed by atoms with E-state index in [9.17, 15) is 5.11 Å². The summed E-state index contributed by atoms with van der Waals surface area (Å²) in [4.78, 5) is 0. The minimum absolute atomic E-state index is 0.177. The van der Waals surface area contributed by atoms with Crippen molar-refractivity contribution in [1.29, 1.82) is 0 Å². The molecule has 1 saturated carbocycles. The number of hydrogen-bond acceptors (Lipinski definition) is 2. The predicted octanol–water partition coefficient (Wildman–Crippen LogP) is 1.29. The number of aliphatic hydroxyl groups excluding tert-OH is 1. The highest BCUT2D eigenvalue weighted by Crippen LogP contribution is 2.42. The fourth-order valence-electron chi connectivity index (χ4n) is 1.41. The Bertz CT molecular complexity index is 316. The number of hydrogen-bond donors (Lipinski definition) is 2. The zero-order chi connectivity index (χ0) is 8.72. The minimum atomic E-state index is -0.177. The zero-order valence-corrected chi connectivity index (χ0v) is 7.04. The van der Waals surface area contributed by atoms with Gasteiger partial charge >= 0.3 is 0 Å². The van der Waals surface area contributed by atoms with Crippen LogP contribution in [-0.2, 0) is 0 Å². The number of aromatic amines is 1. The average molecular weight is 164 g/mol. The lowest BCUT2D eigenvalue weighted by atomic mass is 10.1. The maximum atomic E-state index is 9.23. The first kappa shape index (κ1) is 7.55. The summed E-state index contributed by atoms with van der Waals surface area (Å²) in [5.41, 5.74) is 3.09. The number of allylic oxidation sites excluding steroid dienone is 1. The van der Waals surface area contributed by atoms with Crippen molar-refractivity contribution in [3.63, 3.8) is 0 Å². The SMILES string of the molecule is C=C(C)c1cn[nH]c1C1CC1O. The highest BCUT2D eigenvalue weighted by Gasteiger charge is 2.39. The molecular weight excluding hydrogens is 152 g/mol. The van der Waals surface area contributed by atoms with Crippen molar-refractivity contribution in [2.24, 2.45) is 0 Å². The van der Waals surface area contributed by atoms with Gasteiger partial charge in [0, 0.05) is 17.2 Å². The molecule has 1 aromatic heterocycles. The van der Waals surface area contributed by atoms with E-state index in [2.05, 4.69) is 16.8 Å². The number of nitrogens with one attached hydrogen (secondary N) is 1. The van der Waals surface area contributed by atoms with Gasteiger partial charge in [-0.05, 0) is 18.9 Å². The largest absolute Gasteiger partial charge is 0.392 e. The molecular formula is C9H12N2O. The standard InChI is InChI=1S/C9H12N2O/c1-5(2)7-4-10-11-9(7)6-3-8(6)12/h4,6,8,12H,1,3H2,2H3,(H,10,11). The lowest BCUT2D eigenvalue weighted by molar-refractivity contribution is 0.271. The molecule has 1 heterocycles. The number of rotatable bonds is 2. The highest BCUT2D eigenvalue weighted by atomic mass is 16.3. The van der Waals surface area contributed by atoms with E-state index in [-0.39, 0.29) is 12.0 Å². The van der Waals surface area contributed by atoms with Crippen molar-refractivity contribution in [2.75, 3.05) is 0 Å². The quantitative estimate of drug-likeness (QED) is 0.692. The molecule has 1 aliphatic rings. The molecule has 64 valence electrons. The van der Waals surface area contributed by atoms with Crippen LogP contribution in [0, 0.1) is 0 Å². The Labute approximate surface area is 71.1 Å². The summed E-state index contributed by atoms with van der Waals surface area (Å²) >= 11 is 0.